The summed E-state index contributed by atoms with van der Waals surface area (Å²) in [6, 6.07) is 3.11. The summed E-state index contributed by atoms with van der Waals surface area (Å²) < 4.78 is 0. The van der Waals surface area contributed by atoms with Gasteiger partial charge in [0.05, 0.1) is 17.8 Å². The Hall–Kier alpha value is -1.83. The Morgan fingerprint density at radius 1 is 1.44 bits per heavy atom. The topological polar surface area (TPSA) is 101 Å². The first-order chi connectivity index (χ1) is 11.8. The second-order valence-electron chi connectivity index (χ2n) is 7.23. The molecular formula is C17H23ClN4O3. The van der Waals surface area contributed by atoms with Gasteiger partial charge in [-0.3, -0.25) is 10.3 Å². The van der Waals surface area contributed by atoms with Crippen LogP contribution < -0.4 is 5.48 Å². The summed E-state index contributed by atoms with van der Waals surface area (Å²) in [6.45, 7) is 5.16. The maximum Gasteiger partial charge on any atom is 0.341 e. The summed E-state index contributed by atoms with van der Waals surface area (Å²) in [5.41, 5.74) is 2.79. The molecule has 0 bridgehead atoms. The number of carbonyl (C=O) groups excluding carboxylic acids is 1. The van der Waals surface area contributed by atoms with Crippen LogP contribution in [0.1, 0.15) is 38.4 Å². The van der Waals surface area contributed by atoms with Crippen molar-refractivity contribution >= 4 is 28.5 Å². The van der Waals surface area contributed by atoms with Gasteiger partial charge in [-0.1, -0.05) is 25.4 Å². The summed E-state index contributed by atoms with van der Waals surface area (Å²) in [6.07, 6.45) is 2.47. The minimum Gasteiger partial charge on any atom is -0.388 e. The first-order valence-corrected chi connectivity index (χ1v) is 8.72. The Labute approximate surface area is 150 Å². The van der Waals surface area contributed by atoms with E-state index in [1.165, 1.54) is 0 Å². The number of aliphatic hydroxyl groups is 1. The van der Waals surface area contributed by atoms with Crippen LogP contribution in [0, 0.1) is 11.3 Å². The number of carbonyl (C=O) groups is 1. The predicted molar refractivity (Wildman–Crippen MR) is 94.5 cm³/mol. The number of urea groups is 1. The normalized spacial score (nSPS) is 17.7. The fraction of sp³-hybridized carbons (Fsp3) is 0.529. The molecule has 1 fully saturated rings. The quantitative estimate of drug-likeness (QED) is 0.495. The number of hydroxylamine groups is 1. The van der Waals surface area contributed by atoms with Crippen molar-refractivity contribution in [2.45, 2.75) is 32.8 Å². The zero-order chi connectivity index (χ0) is 18.2. The van der Waals surface area contributed by atoms with Gasteiger partial charge in [-0.2, -0.15) is 5.10 Å². The van der Waals surface area contributed by atoms with Crippen LogP contribution in [0.25, 0.3) is 10.9 Å². The lowest BCUT2D eigenvalue weighted by atomic mass is 9.68. The van der Waals surface area contributed by atoms with Gasteiger partial charge in [-0.25, -0.2) is 10.3 Å². The minimum atomic E-state index is -0.725. The molecule has 1 aliphatic heterocycles. The number of fused-ring (bicyclic) bond motifs is 1. The molecule has 1 atom stereocenters. The smallest absolute Gasteiger partial charge is 0.341 e. The number of aromatic amines is 1. The molecule has 2 aromatic rings. The number of likely N-dealkylation sites (tertiary alicyclic amines) is 1. The van der Waals surface area contributed by atoms with E-state index in [0.717, 1.165) is 29.3 Å². The van der Waals surface area contributed by atoms with Crippen LogP contribution in [-0.2, 0) is 0 Å². The van der Waals surface area contributed by atoms with Crippen LogP contribution in [0.5, 0.6) is 0 Å². The van der Waals surface area contributed by atoms with E-state index in [-0.39, 0.29) is 5.92 Å². The van der Waals surface area contributed by atoms with Crippen molar-refractivity contribution < 1.29 is 15.1 Å². The van der Waals surface area contributed by atoms with Gasteiger partial charge in [0, 0.05) is 29.1 Å². The molecule has 7 nitrogen and oxygen atoms in total. The fourth-order valence-corrected chi connectivity index (χ4v) is 4.02. The SMILES string of the molecule is CC(C)(C1CCN(C(=O)NO)CC1)C(O)c1cc(Cl)cc2cn[nH]c12. The number of nitrogens with one attached hydrogen (secondary N) is 2. The Morgan fingerprint density at radius 2 is 2.12 bits per heavy atom. The largest absolute Gasteiger partial charge is 0.388 e. The Morgan fingerprint density at radius 3 is 2.76 bits per heavy atom. The zero-order valence-corrected chi connectivity index (χ0v) is 15.0. The highest BCUT2D eigenvalue weighted by Crippen LogP contribution is 2.46. The highest BCUT2D eigenvalue weighted by molar-refractivity contribution is 6.31. The predicted octanol–water partition coefficient (Wildman–Crippen LogP) is 3.09. The van der Waals surface area contributed by atoms with Crippen LogP contribution in [0.15, 0.2) is 18.3 Å². The van der Waals surface area contributed by atoms with E-state index < -0.39 is 17.6 Å². The van der Waals surface area contributed by atoms with Crippen molar-refractivity contribution in [1.82, 2.24) is 20.6 Å². The van der Waals surface area contributed by atoms with Crippen LogP contribution in [0.2, 0.25) is 5.02 Å². The third kappa shape index (κ3) is 3.31. The Bertz CT molecular complexity index is 768. The Kier molecular flexibility index (Phi) is 4.90. The lowest BCUT2D eigenvalue weighted by molar-refractivity contribution is -0.0157. The van der Waals surface area contributed by atoms with Gasteiger partial charge in [0.2, 0.25) is 0 Å². The van der Waals surface area contributed by atoms with Crippen LogP contribution in [-0.4, -0.2) is 44.5 Å². The van der Waals surface area contributed by atoms with Crippen molar-refractivity contribution in [3.63, 3.8) is 0 Å². The third-order valence-electron chi connectivity index (χ3n) is 5.47. The summed E-state index contributed by atoms with van der Waals surface area (Å²) in [5, 5.41) is 28.3. The highest BCUT2D eigenvalue weighted by Gasteiger charge is 2.40. The summed E-state index contributed by atoms with van der Waals surface area (Å²) >= 11 is 6.20. The fourth-order valence-electron chi connectivity index (χ4n) is 3.78. The third-order valence-corrected chi connectivity index (χ3v) is 5.69. The average Bonchev–Trinajstić information content (AvgIpc) is 3.08. The number of H-pyrrole nitrogens is 1. The van der Waals surface area contributed by atoms with E-state index in [9.17, 15) is 9.90 Å². The van der Waals surface area contributed by atoms with Crippen LogP contribution in [0.4, 0.5) is 4.79 Å². The molecule has 2 amide bonds. The molecule has 4 N–H and O–H groups in total. The van der Waals surface area contributed by atoms with Gasteiger partial charge < -0.3 is 10.0 Å². The van der Waals surface area contributed by atoms with E-state index in [2.05, 4.69) is 10.2 Å². The van der Waals surface area contributed by atoms with E-state index >= 15 is 0 Å². The van der Waals surface area contributed by atoms with E-state index in [1.807, 2.05) is 19.9 Å². The molecule has 0 saturated carbocycles. The van der Waals surface area contributed by atoms with E-state index in [0.29, 0.717) is 18.1 Å². The molecular weight excluding hydrogens is 344 g/mol. The number of piperidine rings is 1. The number of benzene rings is 1. The molecule has 3 rings (SSSR count). The minimum absolute atomic E-state index is 0.224. The van der Waals surface area contributed by atoms with Gasteiger partial charge in [0.25, 0.3) is 0 Å². The maximum absolute atomic E-state index is 11.5. The summed E-state index contributed by atoms with van der Waals surface area (Å²) in [5.74, 6) is 0.224. The van der Waals surface area contributed by atoms with Crippen molar-refractivity contribution in [2.75, 3.05) is 13.1 Å². The second-order valence-corrected chi connectivity index (χ2v) is 7.67. The maximum atomic E-state index is 11.5. The molecule has 136 valence electrons. The van der Waals surface area contributed by atoms with Gasteiger partial charge in [-0.05, 0) is 36.3 Å². The van der Waals surface area contributed by atoms with Gasteiger partial charge in [0.15, 0.2) is 0 Å². The van der Waals surface area contributed by atoms with Gasteiger partial charge in [-0.15, -0.1) is 0 Å². The van der Waals surface area contributed by atoms with Crippen molar-refractivity contribution in [1.29, 1.82) is 0 Å². The van der Waals surface area contributed by atoms with E-state index in [4.69, 9.17) is 16.8 Å². The molecule has 1 saturated heterocycles. The zero-order valence-electron chi connectivity index (χ0n) is 14.3. The summed E-state index contributed by atoms with van der Waals surface area (Å²) in [7, 11) is 0. The summed E-state index contributed by atoms with van der Waals surface area (Å²) in [4.78, 5) is 13.1. The number of rotatable bonds is 3. The number of hydrogen-bond donors (Lipinski definition) is 4. The molecule has 1 aromatic heterocycles. The molecule has 0 radical (unpaired) electrons. The Balaban J connectivity index is 1.82. The molecule has 0 aliphatic carbocycles. The standard InChI is InChI=1S/C17H23ClN4O3/c1-17(2,11-3-5-22(6-4-11)16(24)21-25)15(23)13-8-12(18)7-10-9-19-20-14(10)13/h7-9,11,15,23,25H,3-6H2,1-2H3,(H,19,20)(H,21,24). The first kappa shape index (κ1) is 18.0. The number of amides is 2. The van der Waals surface area contributed by atoms with E-state index in [1.54, 1.807) is 22.6 Å². The number of hydrogen-bond acceptors (Lipinski definition) is 4. The molecule has 25 heavy (non-hydrogen) atoms. The van der Waals surface area contributed by atoms with Crippen molar-refractivity contribution in [2.24, 2.45) is 11.3 Å². The molecule has 8 heteroatoms. The number of nitrogens with zero attached hydrogens (tertiary/aromatic N) is 2. The lowest BCUT2D eigenvalue weighted by Gasteiger charge is -2.43. The second kappa shape index (κ2) is 6.82. The van der Waals surface area contributed by atoms with Gasteiger partial charge in [0.1, 0.15) is 0 Å². The first-order valence-electron chi connectivity index (χ1n) is 8.34. The number of aromatic nitrogens is 2. The molecule has 2 heterocycles. The molecule has 1 aromatic carbocycles. The van der Waals surface area contributed by atoms with Crippen LogP contribution >= 0.6 is 11.6 Å². The highest BCUT2D eigenvalue weighted by atomic mass is 35.5. The van der Waals surface area contributed by atoms with Crippen molar-refractivity contribution in [3.8, 4) is 0 Å². The lowest BCUT2D eigenvalue weighted by Crippen LogP contribution is -2.46. The van der Waals surface area contributed by atoms with Crippen molar-refractivity contribution in [3.05, 3.63) is 28.9 Å². The molecule has 0 spiro atoms. The monoisotopic (exact) mass is 366 g/mol. The average molecular weight is 367 g/mol. The molecule has 1 aliphatic rings. The number of halogens is 1. The van der Waals surface area contributed by atoms with Crippen LogP contribution in [0.3, 0.4) is 0 Å². The van der Waals surface area contributed by atoms with Gasteiger partial charge >= 0.3 is 6.03 Å². The number of aliphatic hydroxyl groups excluding tert-OH is 1. The molecule has 1 unspecified atom stereocenters.